The lowest BCUT2D eigenvalue weighted by atomic mass is 9.87. The van der Waals surface area contributed by atoms with E-state index in [4.69, 9.17) is 9.47 Å². The molecule has 4 nitrogen and oxygen atoms in total. The third kappa shape index (κ3) is 3.30. The highest BCUT2D eigenvalue weighted by molar-refractivity contribution is 5.94. The van der Waals surface area contributed by atoms with Crippen LogP contribution in [0.25, 0.3) is 11.1 Å². The maximum absolute atomic E-state index is 13.1. The zero-order valence-corrected chi connectivity index (χ0v) is 16.1. The normalized spacial score (nSPS) is 15.9. The Balaban J connectivity index is 1.31. The molecule has 0 radical (unpaired) electrons. The van der Waals surface area contributed by atoms with Gasteiger partial charge in [-0.15, -0.1) is 0 Å². The van der Waals surface area contributed by atoms with Crippen molar-refractivity contribution in [1.82, 2.24) is 0 Å². The molecule has 0 saturated heterocycles. The summed E-state index contributed by atoms with van der Waals surface area (Å²) in [6.07, 6.45) is 2.21. The van der Waals surface area contributed by atoms with Crippen LogP contribution in [0.1, 0.15) is 29.5 Å². The first-order chi connectivity index (χ1) is 14.2. The predicted octanol–water partition coefficient (Wildman–Crippen LogP) is 4.42. The minimum atomic E-state index is -0.375. The Bertz CT molecular complexity index is 1050. The minimum Gasteiger partial charge on any atom is -0.454 e. The zero-order valence-electron chi connectivity index (χ0n) is 16.1. The second-order valence-electron chi connectivity index (χ2n) is 7.80. The number of benzene rings is 3. The van der Waals surface area contributed by atoms with Crippen LogP contribution in [0.3, 0.4) is 0 Å². The zero-order chi connectivity index (χ0) is 19.8. The molecule has 2 aliphatic rings. The molecule has 1 heterocycles. The molecule has 146 valence electrons. The van der Waals surface area contributed by atoms with Crippen LogP contribution < -0.4 is 9.47 Å². The molecule has 4 heteroatoms. The van der Waals surface area contributed by atoms with Crippen molar-refractivity contribution in [3.8, 4) is 22.6 Å². The average molecular weight is 386 g/mol. The van der Waals surface area contributed by atoms with Gasteiger partial charge in [-0.2, -0.15) is 0 Å². The minimum absolute atomic E-state index is 0.0481. The van der Waals surface area contributed by atoms with Crippen LogP contribution in [0.2, 0.25) is 0 Å². The largest absolute Gasteiger partial charge is 0.454 e. The van der Waals surface area contributed by atoms with Crippen molar-refractivity contribution in [2.24, 2.45) is 0 Å². The second-order valence-corrected chi connectivity index (χ2v) is 7.80. The lowest BCUT2D eigenvalue weighted by molar-refractivity contribution is -0.120. The first-order valence-electron chi connectivity index (χ1n) is 9.90. The van der Waals surface area contributed by atoms with Crippen LogP contribution in [0.4, 0.5) is 0 Å². The number of ether oxygens (including phenoxy) is 2. The number of hydrogen-bond donors (Lipinski definition) is 1. The first-order valence-corrected chi connectivity index (χ1v) is 9.90. The highest BCUT2D eigenvalue weighted by atomic mass is 16.7. The Morgan fingerprint density at radius 2 is 1.45 bits per heavy atom. The molecule has 0 unspecified atom stereocenters. The number of fused-ring (bicyclic) bond motifs is 1. The molecule has 3 aromatic rings. The number of Topliss-reactive ketones (excluding diaryl/α,β-unsaturated/α-hetero) is 1. The molecule has 3 aromatic carbocycles. The lowest BCUT2D eigenvalue weighted by Crippen LogP contribution is -2.22. The Kier molecular flexibility index (Phi) is 4.36. The van der Waals surface area contributed by atoms with Gasteiger partial charge in [0.2, 0.25) is 6.79 Å². The van der Waals surface area contributed by atoms with Gasteiger partial charge in [-0.05, 0) is 52.8 Å². The van der Waals surface area contributed by atoms with Crippen molar-refractivity contribution in [3.63, 3.8) is 0 Å². The van der Waals surface area contributed by atoms with E-state index in [-0.39, 0.29) is 24.6 Å². The Hall–Kier alpha value is -3.11. The van der Waals surface area contributed by atoms with Crippen LogP contribution in [0.15, 0.2) is 66.7 Å². The van der Waals surface area contributed by atoms with Crippen molar-refractivity contribution >= 4 is 5.78 Å². The number of rotatable bonds is 6. The third-order valence-electron chi connectivity index (χ3n) is 6.00. The quantitative estimate of drug-likeness (QED) is 0.681. The topological polar surface area (TPSA) is 55.8 Å². The van der Waals surface area contributed by atoms with Gasteiger partial charge in [0.05, 0.1) is 12.0 Å². The maximum Gasteiger partial charge on any atom is 0.231 e. The molecule has 1 aliphatic heterocycles. The van der Waals surface area contributed by atoms with Crippen molar-refractivity contribution in [2.75, 3.05) is 6.79 Å². The van der Waals surface area contributed by atoms with E-state index in [9.17, 15) is 9.90 Å². The van der Waals surface area contributed by atoms with Gasteiger partial charge in [-0.1, -0.05) is 54.6 Å². The summed E-state index contributed by atoms with van der Waals surface area (Å²) in [6, 6.07) is 21.9. The third-order valence-corrected chi connectivity index (χ3v) is 6.00. The van der Waals surface area contributed by atoms with E-state index < -0.39 is 0 Å². The van der Waals surface area contributed by atoms with E-state index in [0.29, 0.717) is 6.42 Å². The smallest absolute Gasteiger partial charge is 0.231 e. The van der Waals surface area contributed by atoms with Crippen molar-refractivity contribution in [1.29, 1.82) is 0 Å². The van der Waals surface area contributed by atoms with Crippen molar-refractivity contribution < 1.29 is 19.4 Å². The molecule has 1 aliphatic carbocycles. The van der Waals surface area contributed by atoms with Gasteiger partial charge in [-0.3, -0.25) is 4.79 Å². The van der Waals surface area contributed by atoms with Gasteiger partial charge in [0, 0.05) is 6.42 Å². The fourth-order valence-corrected chi connectivity index (χ4v) is 4.02. The second kappa shape index (κ2) is 7.05. The van der Waals surface area contributed by atoms with Gasteiger partial charge < -0.3 is 14.6 Å². The molecule has 1 N–H and O–H groups in total. The van der Waals surface area contributed by atoms with Crippen LogP contribution in [-0.4, -0.2) is 17.7 Å². The average Bonchev–Trinajstić information content (AvgIpc) is 3.45. The number of aliphatic hydroxyl groups excluding tert-OH is 1. The fourth-order valence-electron chi connectivity index (χ4n) is 4.02. The Labute approximate surface area is 169 Å². The van der Waals surface area contributed by atoms with Gasteiger partial charge >= 0.3 is 0 Å². The summed E-state index contributed by atoms with van der Waals surface area (Å²) in [6.45, 7) is 0.293. The van der Waals surface area contributed by atoms with E-state index in [1.54, 1.807) is 0 Å². The number of aliphatic hydroxyl groups is 1. The van der Waals surface area contributed by atoms with E-state index >= 15 is 0 Å². The van der Waals surface area contributed by atoms with Gasteiger partial charge in [-0.25, -0.2) is 0 Å². The highest BCUT2D eigenvalue weighted by Gasteiger charge is 2.50. The van der Waals surface area contributed by atoms with E-state index in [1.165, 1.54) is 0 Å². The Morgan fingerprint density at radius 3 is 2.07 bits per heavy atom. The molecule has 0 aromatic heterocycles. The monoisotopic (exact) mass is 386 g/mol. The standard InChI is InChI=1S/C25H22O4/c26-15-18-3-7-20(8-4-18)19-5-1-17(2-6-19)13-24(27)25(11-12-25)21-9-10-22-23(14-21)29-16-28-22/h1-10,14,26H,11-13,15-16H2. The molecular weight excluding hydrogens is 364 g/mol. The van der Waals surface area contributed by atoms with Crippen molar-refractivity contribution in [3.05, 3.63) is 83.4 Å². The molecule has 0 amide bonds. The Morgan fingerprint density at radius 1 is 0.828 bits per heavy atom. The molecular formula is C25H22O4. The van der Waals surface area contributed by atoms with Crippen LogP contribution >= 0.6 is 0 Å². The molecule has 0 atom stereocenters. The highest BCUT2D eigenvalue weighted by Crippen LogP contribution is 2.51. The summed E-state index contributed by atoms with van der Waals surface area (Å²) in [5.74, 6) is 1.74. The van der Waals surface area contributed by atoms with Gasteiger partial charge in [0.15, 0.2) is 11.5 Å². The molecule has 0 spiro atoms. The SMILES string of the molecule is O=C(Cc1ccc(-c2ccc(CO)cc2)cc1)C1(c2ccc3c(c2)OCO3)CC1. The van der Waals surface area contributed by atoms with Gasteiger partial charge in [0.25, 0.3) is 0 Å². The van der Waals surface area contributed by atoms with E-state index in [1.807, 2.05) is 54.6 Å². The lowest BCUT2D eigenvalue weighted by Gasteiger charge is -2.15. The maximum atomic E-state index is 13.1. The summed E-state index contributed by atoms with van der Waals surface area (Å²) in [5, 5.41) is 9.17. The first kappa shape index (κ1) is 18.0. The molecule has 1 saturated carbocycles. The number of hydrogen-bond acceptors (Lipinski definition) is 4. The molecule has 5 rings (SSSR count). The molecule has 1 fully saturated rings. The summed E-state index contributed by atoms with van der Waals surface area (Å²) >= 11 is 0. The van der Waals surface area contributed by atoms with E-state index in [2.05, 4.69) is 12.1 Å². The summed E-state index contributed by atoms with van der Waals surface area (Å²) in [5.41, 5.74) is 4.78. The summed E-state index contributed by atoms with van der Waals surface area (Å²) in [4.78, 5) is 13.1. The predicted molar refractivity (Wildman–Crippen MR) is 110 cm³/mol. The number of carbonyl (C=O) groups is 1. The summed E-state index contributed by atoms with van der Waals surface area (Å²) < 4.78 is 10.9. The van der Waals surface area contributed by atoms with Crippen LogP contribution in [0, 0.1) is 0 Å². The summed E-state index contributed by atoms with van der Waals surface area (Å²) in [7, 11) is 0. The van der Waals surface area contributed by atoms with Crippen molar-refractivity contribution in [2.45, 2.75) is 31.3 Å². The van der Waals surface area contributed by atoms with E-state index in [0.717, 1.165) is 52.2 Å². The fraction of sp³-hybridized carbons (Fsp3) is 0.240. The van der Waals surface area contributed by atoms with Gasteiger partial charge in [0.1, 0.15) is 5.78 Å². The number of ketones is 1. The van der Waals surface area contributed by atoms with Crippen LogP contribution in [0.5, 0.6) is 11.5 Å². The number of carbonyl (C=O) groups excluding carboxylic acids is 1. The molecule has 29 heavy (non-hydrogen) atoms. The molecule has 0 bridgehead atoms. The van der Waals surface area contributed by atoms with Crippen LogP contribution in [-0.2, 0) is 23.2 Å².